The maximum atomic E-state index is 6.54. The Bertz CT molecular complexity index is 1610. The van der Waals surface area contributed by atoms with Gasteiger partial charge in [-0.1, -0.05) is 101 Å². The number of fused-ring (bicyclic) bond motifs is 9. The molecule has 0 saturated carbocycles. The van der Waals surface area contributed by atoms with E-state index in [0.717, 1.165) is 55.1 Å². The quantitative estimate of drug-likeness (QED) is 0.211. The lowest BCUT2D eigenvalue weighted by atomic mass is 9.86. The van der Waals surface area contributed by atoms with Crippen LogP contribution in [0.1, 0.15) is 11.1 Å². The maximum absolute atomic E-state index is 6.54. The predicted octanol–water partition coefficient (Wildman–Crippen LogP) is 9.36. The number of halogens is 1. The summed E-state index contributed by atoms with van der Waals surface area (Å²) < 4.78 is 7.62. The van der Waals surface area contributed by atoms with Gasteiger partial charge >= 0.3 is 0 Å². The summed E-state index contributed by atoms with van der Waals surface area (Å²) in [5.41, 5.74) is 9.80. The van der Waals surface area contributed by atoms with E-state index in [0.29, 0.717) is 0 Å². The highest BCUT2D eigenvalue weighted by molar-refractivity contribution is 9.10. The number of hydrogen-bond donors (Lipinski definition) is 0. The van der Waals surface area contributed by atoms with Crippen LogP contribution in [0.5, 0.6) is 0 Å². The molecular weight excluding hydrogens is 468 g/mol. The summed E-state index contributed by atoms with van der Waals surface area (Å²) in [6.07, 6.45) is 9.29. The molecule has 0 spiro atoms. The first-order chi connectivity index (χ1) is 16.2. The molecule has 2 heteroatoms. The van der Waals surface area contributed by atoms with E-state index >= 15 is 0 Å². The van der Waals surface area contributed by atoms with Crippen molar-refractivity contribution < 1.29 is 4.42 Å². The molecule has 1 aliphatic carbocycles. The van der Waals surface area contributed by atoms with Gasteiger partial charge in [-0.05, 0) is 64.1 Å². The van der Waals surface area contributed by atoms with Crippen LogP contribution in [-0.4, -0.2) is 0 Å². The maximum Gasteiger partial charge on any atom is 0.143 e. The van der Waals surface area contributed by atoms with Crippen LogP contribution < -0.4 is 0 Å². The fourth-order valence-corrected chi connectivity index (χ4v) is 5.20. The molecule has 1 heterocycles. The van der Waals surface area contributed by atoms with E-state index in [1.165, 1.54) is 16.7 Å². The molecule has 0 aliphatic heterocycles. The number of hydrogen-bond acceptors (Lipinski definition) is 1. The molecule has 33 heavy (non-hydrogen) atoms. The highest BCUT2D eigenvalue weighted by Gasteiger charge is 2.21. The van der Waals surface area contributed by atoms with Crippen LogP contribution in [0.3, 0.4) is 0 Å². The topological polar surface area (TPSA) is 13.1 Å². The molecule has 0 saturated heterocycles. The van der Waals surface area contributed by atoms with Crippen LogP contribution in [0.4, 0.5) is 0 Å². The average Bonchev–Trinajstić information content (AvgIpc) is 3.21. The molecule has 158 valence electrons. The van der Waals surface area contributed by atoms with Crippen LogP contribution >= 0.6 is 15.9 Å². The van der Waals surface area contributed by atoms with Crippen molar-refractivity contribution in [1.29, 1.82) is 0 Å². The second kappa shape index (κ2) is 8.06. The summed E-state index contributed by atoms with van der Waals surface area (Å²) >= 11 is 3.67. The Morgan fingerprint density at radius 1 is 0.727 bits per heavy atom. The SMILES string of the molecule is C=C1C=CC=CCc2cc(Br)ccc2-c2ccc3c(oc4ccccc43)c2-c2ccccc21. The van der Waals surface area contributed by atoms with Gasteiger partial charge in [-0.3, -0.25) is 0 Å². The number of allylic oxidation sites excluding steroid dienone is 5. The number of benzene rings is 4. The van der Waals surface area contributed by atoms with Crippen molar-refractivity contribution in [1.82, 2.24) is 0 Å². The fourth-order valence-electron chi connectivity index (χ4n) is 4.79. The number of furan rings is 1. The third kappa shape index (κ3) is 3.39. The van der Waals surface area contributed by atoms with Gasteiger partial charge in [0.15, 0.2) is 0 Å². The molecule has 0 bridgehead atoms. The minimum absolute atomic E-state index is 0.838. The molecule has 1 aromatic heterocycles. The predicted molar refractivity (Wildman–Crippen MR) is 143 cm³/mol. The molecule has 0 N–H and O–H groups in total. The van der Waals surface area contributed by atoms with Crippen LogP contribution in [0.2, 0.25) is 0 Å². The zero-order chi connectivity index (χ0) is 22.4. The van der Waals surface area contributed by atoms with Crippen molar-refractivity contribution in [2.24, 2.45) is 0 Å². The molecule has 0 unspecified atom stereocenters. The molecule has 0 atom stereocenters. The van der Waals surface area contributed by atoms with Crippen LogP contribution in [0, 0.1) is 0 Å². The van der Waals surface area contributed by atoms with Crippen molar-refractivity contribution in [3.63, 3.8) is 0 Å². The second-order valence-corrected chi connectivity index (χ2v) is 9.24. The van der Waals surface area contributed by atoms with Gasteiger partial charge < -0.3 is 4.42 Å². The van der Waals surface area contributed by atoms with E-state index < -0.39 is 0 Å². The standard InChI is InChI=1S/C31H21BrO/c1-20-9-3-2-4-10-21-19-22(32)15-16-24(21)27-17-18-28-25-12-7-8-14-29(25)33-31(28)30(27)26-13-6-5-11-23(20)26/h2-9,11-19H,1,10H2. The minimum atomic E-state index is 0.838. The van der Waals surface area contributed by atoms with Crippen LogP contribution in [0.15, 0.2) is 119 Å². The zero-order valence-corrected chi connectivity index (χ0v) is 19.6. The van der Waals surface area contributed by atoms with Crippen LogP contribution in [0.25, 0.3) is 49.8 Å². The highest BCUT2D eigenvalue weighted by atomic mass is 79.9. The van der Waals surface area contributed by atoms with Gasteiger partial charge in [0.05, 0.1) is 0 Å². The Balaban J connectivity index is 1.80. The Morgan fingerprint density at radius 3 is 2.42 bits per heavy atom. The molecular formula is C31H21BrO. The van der Waals surface area contributed by atoms with E-state index in [1.807, 2.05) is 12.1 Å². The number of rotatable bonds is 0. The van der Waals surface area contributed by atoms with Gasteiger partial charge in [0, 0.05) is 20.8 Å². The van der Waals surface area contributed by atoms with Gasteiger partial charge in [0.2, 0.25) is 0 Å². The molecule has 0 radical (unpaired) electrons. The van der Waals surface area contributed by atoms with E-state index in [-0.39, 0.29) is 0 Å². The fraction of sp³-hybridized carbons (Fsp3) is 0.0323. The average molecular weight is 489 g/mol. The van der Waals surface area contributed by atoms with Crippen molar-refractivity contribution >= 4 is 43.4 Å². The first-order valence-electron chi connectivity index (χ1n) is 11.1. The Kier molecular flexibility index (Phi) is 4.89. The van der Waals surface area contributed by atoms with E-state index in [4.69, 9.17) is 4.42 Å². The van der Waals surface area contributed by atoms with Crippen molar-refractivity contribution in [3.8, 4) is 22.3 Å². The van der Waals surface area contributed by atoms with E-state index in [2.05, 4.69) is 114 Å². The first kappa shape index (κ1) is 20.0. The third-order valence-electron chi connectivity index (χ3n) is 6.33. The minimum Gasteiger partial charge on any atom is -0.455 e. The van der Waals surface area contributed by atoms with Gasteiger partial charge in [0.1, 0.15) is 11.2 Å². The smallest absolute Gasteiger partial charge is 0.143 e. The second-order valence-electron chi connectivity index (χ2n) is 8.33. The summed E-state index contributed by atoms with van der Waals surface area (Å²) in [7, 11) is 0. The lowest BCUT2D eigenvalue weighted by molar-refractivity contribution is 0.670. The third-order valence-corrected chi connectivity index (χ3v) is 6.82. The zero-order valence-electron chi connectivity index (χ0n) is 18.0. The normalized spacial score (nSPS) is 13.3. The summed E-state index contributed by atoms with van der Waals surface area (Å²) in [5.74, 6) is 0. The van der Waals surface area contributed by atoms with Crippen molar-refractivity contribution in [3.05, 3.63) is 125 Å². The Labute approximate surface area is 201 Å². The van der Waals surface area contributed by atoms with Gasteiger partial charge in [0.25, 0.3) is 0 Å². The molecule has 1 aliphatic rings. The number of para-hydroxylation sites is 1. The molecule has 4 aromatic carbocycles. The Hall–Kier alpha value is -3.62. The highest BCUT2D eigenvalue weighted by Crippen LogP contribution is 2.45. The van der Waals surface area contributed by atoms with E-state index in [1.54, 1.807) is 0 Å². The molecule has 1 nitrogen and oxygen atoms in total. The molecule has 5 aromatic rings. The lowest BCUT2D eigenvalue weighted by Crippen LogP contribution is -1.95. The molecule has 6 rings (SSSR count). The summed E-state index contributed by atoms with van der Waals surface area (Å²) in [4.78, 5) is 0. The van der Waals surface area contributed by atoms with Gasteiger partial charge in [-0.2, -0.15) is 0 Å². The molecule has 0 amide bonds. The van der Waals surface area contributed by atoms with Crippen LogP contribution in [-0.2, 0) is 6.42 Å². The van der Waals surface area contributed by atoms with E-state index in [9.17, 15) is 0 Å². The Morgan fingerprint density at radius 2 is 1.52 bits per heavy atom. The van der Waals surface area contributed by atoms with Gasteiger partial charge in [-0.25, -0.2) is 0 Å². The summed E-state index contributed by atoms with van der Waals surface area (Å²) in [6, 6.07) is 27.7. The summed E-state index contributed by atoms with van der Waals surface area (Å²) in [6.45, 7) is 4.38. The van der Waals surface area contributed by atoms with Crippen molar-refractivity contribution in [2.45, 2.75) is 6.42 Å². The molecule has 0 fully saturated rings. The lowest BCUT2D eigenvalue weighted by Gasteiger charge is -2.18. The summed E-state index contributed by atoms with van der Waals surface area (Å²) in [5, 5.41) is 2.27. The first-order valence-corrected chi connectivity index (χ1v) is 11.8. The monoisotopic (exact) mass is 488 g/mol. The largest absolute Gasteiger partial charge is 0.455 e. The van der Waals surface area contributed by atoms with Crippen molar-refractivity contribution in [2.75, 3.05) is 0 Å². The van der Waals surface area contributed by atoms with Gasteiger partial charge in [-0.15, -0.1) is 0 Å².